The highest BCUT2D eigenvalue weighted by atomic mass is 32.1. The lowest BCUT2D eigenvalue weighted by Gasteiger charge is -2.35. The van der Waals surface area contributed by atoms with Crippen LogP contribution in [0, 0.1) is 24.2 Å². The fourth-order valence-corrected chi connectivity index (χ4v) is 11.2. The Hall–Kier alpha value is -6.70. The number of benzene rings is 4. The van der Waals surface area contributed by atoms with Gasteiger partial charge in [0.15, 0.2) is 5.50 Å². The van der Waals surface area contributed by atoms with Gasteiger partial charge in [-0.3, -0.25) is 24.1 Å². The van der Waals surface area contributed by atoms with Crippen LogP contribution in [-0.4, -0.2) is 119 Å². The van der Waals surface area contributed by atoms with Gasteiger partial charge in [0.1, 0.15) is 42.3 Å². The number of ether oxygens (including phenoxy) is 4. The van der Waals surface area contributed by atoms with E-state index < -0.39 is 58.3 Å². The number of carbonyl (C=O) groups excluding carboxylic acids is 4. The van der Waals surface area contributed by atoms with E-state index in [0.717, 1.165) is 33.8 Å². The number of nitriles is 1. The lowest BCUT2D eigenvalue weighted by atomic mass is 10.0. The van der Waals surface area contributed by atoms with Crippen molar-refractivity contribution in [2.45, 2.75) is 89.5 Å². The average Bonchev–Trinajstić information content (AvgIpc) is 4.14. The van der Waals surface area contributed by atoms with E-state index >= 15 is 0 Å². The van der Waals surface area contributed by atoms with Crippen molar-refractivity contribution in [2.24, 2.45) is 5.92 Å². The number of amides is 4. The second kappa shape index (κ2) is 23.0. The van der Waals surface area contributed by atoms with E-state index in [9.17, 15) is 42.7 Å². The third-order valence-electron chi connectivity index (χ3n) is 13.4. The van der Waals surface area contributed by atoms with Gasteiger partial charge in [-0.25, -0.2) is 4.98 Å². The highest BCUT2D eigenvalue weighted by Gasteiger charge is 2.52. The van der Waals surface area contributed by atoms with Crippen LogP contribution >= 0.6 is 24.0 Å². The van der Waals surface area contributed by atoms with Crippen LogP contribution in [0.25, 0.3) is 10.4 Å². The summed E-state index contributed by atoms with van der Waals surface area (Å²) < 4.78 is 64.9. The molecule has 4 amide bonds. The van der Waals surface area contributed by atoms with Crippen molar-refractivity contribution in [3.63, 3.8) is 0 Å². The van der Waals surface area contributed by atoms with E-state index in [2.05, 4.69) is 22.9 Å². The molecule has 5 aromatic rings. The summed E-state index contributed by atoms with van der Waals surface area (Å²) >= 11 is 6.15. The third kappa shape index (κ3) is 11.7. The summed E-state index contributed by atoms with van der Waals surface area (Å²) in [5.41, 5.74) is 2.33. The molecular formula is C54H58F3N7O9S2. The van der Waals surface area contributed by atoms with Crippen LogP contribution in [0.5, 0.6) is 11.5 Å². The van der Waals surface area contributed by atoms with Gasteiger partial charge in [-0.1, -0.05) is 44.2 Å². The number of nitrogens with zero attached hydrogens (tertiary/aromatic N) is 6. The Labute approximate surface area is 442 Å². The van der Waals surface area contributed by atoms with Crippen LogP contribution in [-0.2, 0) is 43.1 Å². The number of rotatable bonds is 20. The zero-order valence-electron chi connectivity index (χ0n) is 42.0. The molecule has 4 heterocycles. The van der Waals surface area contributed by atoms with E-state index in [-0.39, 0.29) is 89.1 Å². The topological polar surface area (TPSA) is 187 Å². The lowest BCUT2D eigenvalue weighted by molar-refractivity contribution is -0.143. The summed E-state index contributed by atoms with van der Waals surface area (Å²) in [6, 6.07) is 22.8. The van der Waals surface area contributed by atoms with Crippen LogP contribution < -0.4 is 24.6 Å². The van der Waals surface area contributed by atoms with Gasteiger partial charge in [-0.2, -0.15) is 18.4 Å². The number of nitrogens with one attached hydrogen (secondary N) is 1. The van der Waals surface area contributed by atoms with E-state index in [0.29, 0.717) is 28.3 Å². The SMILES string of the molecule is Cc1ncsc1-c1ccc(CNC(=O)C2CC(O)CN2C(=O)[C@H](C(C)C)N2Cc3ccccc3C2=O)c(OCCOCCOCCOc2ccc(N3C(S)N(c4ccc(C#N)c(C(F)(F)F)c4)C(=O)C3(C)C)cc2)c1. The van der Waals surface area contributed by atoms with E-state index in [1.54, 1.807) is 71.6 Å². The Morgan fingerprint density at radius 1 is 0.947 bits per heavy atom. The summed E-state index contributed by atoms with van der Waals surface area (Å²) in [6.07, 6.45) is -5.65. The molecule has 2 saturated heterocycles. The van der Waals surface area contributed by atoms with Crippen molar-refractivity contribution < 1.29 is 56.4 Å². The van der Waals surface area contributed by atoms with Gasteiger partial charge in [0.2, 0.25) is 11.8 Å². The number of aryl methyl sites for hydroxylation is 1. The van der Waals surface area contributed by atoms with Crippen LogP contribution in [0.2, 0.25) is 0 Å². The Balaban J connectivity index is 0.796. The molecule has 0 spiro atoms. The molecule has 21 heteroatoms. The quantitative estimate of drug-likeness (QED) is 0.0513. The maximum Gasteiger partial charge on any atom is 0.417 e. The first kappa shape index (κ1) is 54.6. The van der Waals surface area contributed by atoms with Crippen LogP contribution in [0.4, 0.5) is 24.5 Å². The molecule has 2 fully saturated rings. The number of likely N-dealkylation sites (tertiary alicyclic amines) is 1. The van der Waals surface area contributed by atoms with Gasteiger partial charge in [0.25, 0.3) is 11.8 Å². The smallest absolute Gasteiger partial charge is 0.417 e. The highest BCUT2D eigenvalue weighted by molar-refractivity contribution is 7.81. The summed E-state index contributed by atoms with van der Waals surface area (Å²) in [6.45, 7) is 10.7. The standard InChI is InChI=1S/C54H58F3N7O9S2/c1-32(2)46(62-29-37-8-6-7-9-42(37)49(62)67)50(68)61-30-40(65)26-44(61)48(66)59-28-36-11-10-34(47-33(3)60-31-75-47)24-45(36)73-23-21-71-19-18-70-20-22-72-41-16-14-38(15-17-41)64-52(74)63(51(69)53(64,4)5)39-13-12-35(27-58)43(25-39)54(55,56)57/h6-17,24-25,31-32,40,44,46,52,65,74H,18-23,26,28-30H2,1-5H3,(H,59,66)/t40?,44?,46-,52?/m0/s1. The number of aromatic nitrogens is 1. The van der Waals surface area contributed by atoms with Gasteiger partial charge in [0.05, 0.1) is 65.8 Å². The maximum absolute atomic E-state index is 14.3. The monoisotopic (exact) mass is 1070 g/mol. The zero-order chi connectivity index (χ0) is 53.8. The minimum Gasteiger partial charge on any atom is -0.491 e. The number of hydrogen-bond donors (Lipinski definition) is 3. The number of aliphatic hydroxyl groups excluding tert-OH is 1. The molecule has 3 aliphatic heterocycles. The van der Waals surface area contributed by atoms with Crippen molar-refractivity contribution in [2.75, 3.05) is 56.0 Å². The first-order chi connectivity index (χ1) is 35.8. The lowest BCUT2D eigenvalue weighted by Crippen LogP contribution is -2.55. The first-order valence-corrected chi connectivity index (χ1v) is 25.8. The molecule has 396 valence electrons. The molecule has 4 atom stereocenters. The minimum atomic E-state index is -4.79. The number of thiazole rings is 1. The zero-order valence-corrected chi connectivity index (χ0v) is 43.7. The molecule has 16 nitrogen and oxygen atoms in total. The Kier molecular flexibility index (Phi) is 16.8. The maximum atomic E-state index is 14.3. The number of anilines is 2. The van der Waals surface area contributed by atoms with Gasteiger partial charge < -0.3 is 44.1 Å². The average molecular weight is 1070 g/mol. The molecule has 0 bridgehead atoms. The molecule has 0 aliphatic carbocycles. The molecule has 0 radical (unpaired) electrons. The number of alkyl halides is 3. The second-order valence-electron chi connectivity index (χ2n) is 19.2. The fourth-order valence-electron chi connectivity index (χ4n) is 9.69. The van der Waals surface area contributed by atoms with E-state index in [1.807, 2.05) is 51.1 Å². The molecule has 75 heavy (non-hydrogen) atoms. The van der Waals surface area contributed by atoms with Crippen molar-refractivity contribution >= 4 is 59.0 Å². The third-order valence-corrected chi connectivity index (χ3v) is 14.9. The van der Waals surface area contributed by atoms with Crippen LogP contribution in [0.15, 0.2) is 90.4 Å². The van der Waals surface area contributed by atoms with Crippen molar-refractivity contribution in [3.05, 3.63) is 124 Å². The number of fused-ring (bicyclic) bond motifs is 1. The Morgan fingerprint density at radius 2 is 1.63 bits per heavy atom. The second-order valence-corrected chi connectivity index (χ2v) is 20.5. The van der Waals surface area contributed by atoms with Gasteiger partial charge in [-0.05, 0) is 92.4 Å². The predicted molar refractivity (Wildman–Crippen MR) is 277 cm³/mol. The summed E-state index contributed by atoms with van der Waals surface area (Å²) in [4.78, 5) is 66.4. The van der Waals surface area contributed by atoms with Crippen molar-refractivity contribution in [3.8, 4) is 28.0 Å². The summed E-state index contributed by atoms with van der Waals surface area (Å²) in [7, 11) is 0. The predicted octanol–water partition coefficient (Wildman–Crippen LogP) is 7.60. The molecule has 2 N–H and O–H groups in total. The molecule has 3 unspecified atom stereocenters. The molecule has 3 aliphatic rings. The molecular weight excluding hydrogens is 1010 g/mol. The van der Waals surface area contributed by atoms with E-state index in [4.69, 9.17) is 18.9 Å². The van der Waals surface area contributed by atoms with Crippen LogP contribution in [0.1, 0.15) is 72.4 Å². The minimum absolute atomic E-state index is 0.0301. The number of β-amino-alcohol motifs (C(OH)–C–C–N with tert-alkyl or cyclic N) is 1. The summed E-state index contributed by atoms with van der Waals surface area (Å²) in [5.74, 6) is -0.731. The molecule has 4 aromatic carbocycles. The Morgan fingerprint density at radius 3 is 2.28 bits per heavy atom. The first-order valence-electron chi connectivity index (χ1n) is 24.4. The van der Waals surface area contributed by atoms with Gasteiger partial charge in [0, 0.05) is 48.6 Å². The number of thiol groups is 1. The molecule has 8 rings (SSSR count). The number of aliphatic hydroxyl groups is 1. The molecule has 0 saturated carbocycles. The number of carbonyl (C=O) groups is 4. The van der Waals surface area contributed by atoms with Crippen molar-refractivity contribution in [1.29, 1.82) is 5.26 Å². The summed E-state index contributed by atoms with van der Waals surface area (Å²) in [5, 5.41) is 23.0. The normalized spacial score (nSPS) is 18.7. The van der Waals surface area contributed by atoms with Gasteiger partial charge >= 0.3 is 6.18 Å². The van der Waals surface area contributed by atoms with Crippen LogP contribution in [0.3, 0.4) is 0 Å². The van der Waals surface area contributed by atoms with E-state index in [1.165, 1.54) is 27.2 Å². The number of halogens is 3. The van der Waals surface area contributed by atoms with Gasteiger partial charge in [-0.15, -0.1) is 24.0 Å². The largest absolute Gasteiger partial charge is 0.491 e. The number of hydrogen-bond acceptors (Lipinski definition) is 14. The molecule has 1 aromatic heterocycles. The highest BCUT2D eigenvalue weighted by Crippen LogP contribution is 2.43. The fraction of sp³-hybridized carbons (Fsp3) is 0.407. The Bertz CT molecular complexity index is 2950. The van der Waals surface area contributed by atoms with Crippen molar-refractivity contribution in [1.82, 2.24) is 20.1 Å².